The molecule has 1 aromatic carbocycles. The molecular formula is C18H30N2O. The van der Waals surface area contributed by atoms with Gasteiger partial charge in [0.15, 0.2) is 0 Å². The van der Waals surface area contributed by atoms with Gasteiger partial charge in [-0.1, -0.05) is 36.8 Å². The molecule has 0 spiro atoms. The van der Waals surface area contributed by atoms with Gasteiger partial charge in [-0.3, -0.25) is 0 Å². The van der Waals surface area contributed by atoms with Crippen LogP contribution in [0.15, 0.2) is 24.3 Å². The minimum atomic E-state index is 0.597. The minimum Gasteiger partial charge on any atom is -0.381 e. The summed E-state index contributed by atoms with van der Waals surface area (Å²) in [6, 6.07) is 9.41. The van der Waals surface area contributed by atoms with Crippen molar-refractivity contribution in [2.45, 2.75) is 39.3 Å². The van der Waals surface area contributed by atoms with E-state index in [1.54, 1.807) is 0 Å². The SMILES string of the molecule is CCCNC1CCOCC1CN(C)Cc1cccc(C)c1. The fourth-order valence-corrected chi connectivity index (χ4v) is 3.16. The van der Waals surface area contributed by atoms with E-state index in [-0.39, 0.29) is 0 Å². The standard InChI is InChI=1S/C18H30N2O/c1-4-9-19-18-8-10-21-14-17(18)13-20(3)12-16-7-5-6-15(2)11-16/h5-7,11,17-19H,4,8-10,12-14H2,1-3H3. The molecule has 1 aromatic rings. The Morgan fingerprint density at radius 3 is 3.00 bits per heavy atom. The van der Waals surface area contributed by atoms with Crippen LogP contribution in [0.1, 0.15) is 30.9 Å². The minimum absolute atomic E-state index is 0.597. The van der Waals surface area contributed by atoms with Crippen LogP contribution in [0.4, 0.5) is 0 Å². The highest BCUT2D eigenvalue weighted by Gasteiger charge is 2.26. The molecule has 3 nitrogen and oxygen atoms in total. The van der Waals surface area contributed by atoms with Crippen molar-refractivity contribution in [1.29, 1.82) is 0 Å². The number of rotatable bonds is 7. The van der Waals surface area contributed by atoms with E-state index in [1.807, 2.05) is 0 Å². The molecule has 0 saturated carbocycles. The Bertz CT molecular complexity index is 421. The molecule has 1 fully saturated rings. The third-order valence-electron chi connectivity index (χ3n) is 4.21. The molecule has 0 aromatic heterocycles. The van der Waals surface area contributed by atoms with Gasteiger partial charge in [0.2, 0.25) is 0 Å². The van der Waals surface area contributed by atoms with Gasteiger partial charge < -0.3 is 15.0 Å². The van der Waals surface area contributed by atoms with Crippen molar-refractivity contribution in [2.24, 2.45) is 5.92 Å². The smallest absolute Gasteiger partial charge is 0.0521 e. The topological polar surface area (TPSA) is 24.5 Å². The predicted octanol–water partition coefficient (Wildman–Crippen LogP) is 2.83. The van der Waals surface area contributed by atoms with Crippen LogP contribution in [0.25, 0.3) is 0 Å². The van der Waals surface area contributed by atoms with E-state index in [9.17, 15) is 0 Å². The second-order valence-corrected chi connectivity index (χ2v) is 6.37. The average molecular weight is 290 g/mol. The summed E-state index contributed by atoms with van der Waals surface area (Å²) < 4.78 is 5.70. The van der Waals surface area contributed by atoms with Crippen LogP contribution in [-0.2, 0) is 11.3 Å². The molecule has 1 aliphatic heterocycles. The first kappa shape index (κ1) is 16.5. The Labute approximate surface area is 129 Å². The lowest BCUT2D eigenvalue weighted by molar-refractivity contribution is 0.0189. The van der Waals surface area contributed by atoms with Crippen molar-refractivity contribution in [2.75, 3.05) is 33.4 Å². The van der Waals surface area contributed by atoms with E-state index in [1.165, 1.54) is 17.5 Å². The predicted molar refractivity (Wildman–Crippen MR) is 88.5 cm³/mol. The van der Waals surface area contributed by atoms with E-state index < -0.39 is 0 Å². The van der Waals surface area contributed by atoms with Crippen LogP contribution in [0.3, 0.4) is 0 Å². The van der Waals surface area contributed by atoms with E-state index in [4.69, 9.17) is 4.74 Å². The summed E-state index contributed by atoms with van der Waals surface area (Å²) in [6.07, 6.45) is 2.34. The Kier molecular flexibility index (Phi) is 6.68. The first-order valence-corrected chi connectivity index (χ1v) is 8.24. The zero-order chi connectivity index (χ0) is 15.1. The van der Waals surface area contributed by atoms with Crippen molar-refractivity contribution in [3.8, 4) is 0 Å². The maximum absolute atomic E-state index is 5.70. The van der Waals surface area contributed by atoms with Gasteiger partial charge >= 0.3 is 0 Å². The van der Waals surface area contributed by atoms with Crippen LogP contribution < -0.4 is 5.32 Å². The van der Waals surface area contributed by atoms with Gasteiger partial charge in [-0.15, -0.1) is 0 Å². The third kappa shape index (κ3) is 5.42. The van der Waals surface area contributed by atoms with Gasteiger partial charge in [-0.2, -0.15) is 0 Å². The molecule has 1 N–H and O–H groups in total. The Morgan fingerprint density at radius 1 is 1.38 bits per heavy atom. The molecule has 118 valence electrons. The molecule has 2 unspecified atom stereocenters. The molecule has 0 bridgehead atoms. The van der Waals surface area contributed by atoms with Gasteiger partial charge in [0.05, 0.1) is 6.61 Å². The molecule has 1 aliphatic rings. The lowest BCUT2D eigenvalue weighted by Gasteiger charge is -2.35. The molecule has 1 heterocycles. The molecule has 2 rings (SSSR count). The molecule has 1 saturated heterocycles. The van der Waals surface area contributed by atoms with E-state index in [0.717, 1.165) is 39.3 Å². The van der Waals surface area contributed by atoms with Crippen LogP contribution in [0, 0.1) is 12.8 Å². The summed E-state index contributed by atoms with van der Waals surface area (Å²) >= 11 is 0. The fourth-order valence-electron chi connectivity index (χ4n) is 3.16. The summed E-state index contributed by atoms with van der Waals surface area (Å²) in [5.74, 6) is 0.597. The Morgan fingerprint density at radius 2 is 2.24 bits per heavy atom. The van der Waals surface area contributed by atoms with Gasteiger partial charge in [0.25, 0.3) is 0 Å². The summed E-state index contributed by atoms with van der Waals surface area (Å²) in [4.78, 5) is 2.43. The van der Waals surface area contributed by atoms with Crippen LogP contribution in [0.2, 0.25) is 0 Å². The largest absolute Gasteiger partial charge is 0.381 e. The second kappa shape index (κ2) is 8.52. The third-order valence-corrected chi connectivity index (χ3v) is 4.21. The quantitative estimate of drug-likeness (QED) is 0.836. The summed E-state index contributed by atoms with van der Waals surface area (Å²) in [5, 5.41) is 3.69. The molecule has 0 aliphatic carbocycles. The van der Waals surface area contributed by atoms with E-state index >= 15 is 0 Å². The lowest BCUT2D eigenvalue weighted by atomic mass is 9.95. The molecule has 0 radical (unpaired) electrons. The highest BCUT2D eigenvalue weighted by atomic mass is 16.5. The Hall–Kier alpha value is -0.900. The van der Waals surface area contributed by atoms with Gasteiger partial charge in [0.1, 0.15) is 0 Å². The summed E-state index contributed by atoms with van der Waals surface area (Å²) in [5.41, 5.74) is 2.73. The molecule has 0 amide bonds. The van der Waals surface area contributed by atoms with Crippen LogP contribution >= 0.6 is 0 Å². The maximum Gasteiger partial charge on any atom is 0.0521 e. The zero-order valence-electron chi connectivity index (χ0n) is 13.8. The maximum atomic E-state index is 5.70. The Balaban J connectivity index is 1.86. The fraction of sp³-hybridized carbons (Fsp3) is 0.667. The lowest BCUT2D eigenvalue weighted by Crippen LogP contribution is -2.47. The van der Waals surface area contributed by atoms with Crippen LogP contribution in [0.5, 0.6) is 0 Å². The number of aryl methyl sites for hydroxylation is 1. The number of benzene rings is 1. The van der Waals surface area contributed by atoms with Crippen LogP contribution in [-0.4, -0.2) is 44.3 Å². The first-order chi connectivity index (χ1) is 10.2. The van der Waals surface area contributed by atoms with Gasteiger partial charge in [-0.05, 0) is 38.9 Å². The van der Waals surface area contributed by atoms with E-state index in [2.05, 4.69) is 55.4 Å². The van der Waals surface area contributed by atoms with E-state index in [0.29, 0.717) is 12.0 Å². The second-order valence-electron chi connectivity index (χ2n) is 6.37. The van der Waals surface area contributed by atoms with Gasteiger partial charge in [-0.25, -0.2) is 0 Å². The van der Waals surface area contributed by atoms with Crippen molar-refractivity contribution in [1.82, 2.24) is 10.2 Å². The number of nitrogens with one attached hydrogen (secondary N) is 1. The number of ether oxygens (including phenoxy) is 1. The number of hydrogen-bond donors (Lipinski definition) is 1. The molecule has 3 heteroatoms. The molecule has 2 atom stereocenters. The van der Waals surface area contributed by atoms with Crippen molar-refractivity contribution < 1.29 is 4.74 Å². The zero-order valence-corrected chi connectivity index (χ0v) is 13.8. The average Bonchev–Trinajstić information content (AvgIpc) is 2.46. The summed E-state index contributed by atoms with van der Waals surface area (Å²) in [7, 11) is 2.22. The summed E-state index contributed by atoms with van der Waals surface area (Å²) in [6.45, 7) is 9.39. The number of hydrogen-bond acceptors (Lipinski definition) is 3. The molecular weight excluding hydrogens is 260 g/mol. The monoisotopic (exact) mass is 290 g/mol. The molecule has 21 heavy (non-hydrogen) atoms. The van der Waals surface area contributed by atoms with Crippen molar-refractivity contribution in [3.05, 3.63) is 35.4 Å². The van der Waals surface area contributed by atoms with Gasteiger partial charge in [0, 0.05) is 31.7 Å². The number of nitrogens with zero attached hydrogens (tertiary/aromatic N) is 1. The normalized spacial score (nSPS) is 22.7. The highest BCUT2D eigenvalue weighted by Crippen LogP contribution is 2.17. The first-order valence-electron chi connectivity index (χ1n) is 8.24. The van der Waals surface area contributed by atoms with Crippen molar-refractivity contribution in [3.63, 3.8) is 0 Å². The highest BCUT2D eigenvalue weighted by molar-refractivity contribution is 5.22. The van der Waals surface area contributed by atoms with Crippen molar-refractivity contribution >= 4 is 0 Å².